The molecule has 0 fully saturated rings. The lowest BCUT2D eigenvalue weighted by Crippen LogP contribution is -2.30. The van der Waals surface area contributed by atoms with Crippen LogP contribution in [0.4, 0.5) is 17.1 Å². The lowest BCUT2D eigenvalue weighted by atomic mass is 10.1. The Bertz CT molecular complexity index is 447. The molecule has 1 aromatic carbocycles. The van der Waals surface area contributed by atoms with Crippen molar-refractivity contribution in [2.75, 3.05) is 43.3 Å². The van der Waals surface area contributed by atoms with Crippen LogP contribution >= 0.6 is 0 Å². The molecule has 20 heavy (non-hydrogen) atoms. The third-order valence-electron chi connectivity index (χ3n) is 3.09. The van der Waals surface area contributed by atoms with E-state index in [9.17, 15) is 4.79 Å². The highest BCUT2D eigenvalue weighted by molar-refractivity contribution is 5.95. The minimum atomic E-state index is -0.0342. The third kappa shape index (κ3) is 4.42. The fourth-order valence-electron chi connectivity index (χ4n) is 1.87. The molecule has 5 nitrogen and oxygen atoms in total. The van der Waals surface area contributed by atoms with Crippen LogP contribution in [0.5, 0.6) is 0 Å². The van der Waals surface area contributed by atoms with Gasteiger partial charge in [0.2, 0.25) is 5.91 Å². The first-order valence-electron chi connectivity index (χ1n) is 6.87. The number of hydrogen-bond acceptors (Lipinski definition) is 4. The molecule has 0 bridgehead atoms. The van der Waals surface area contributed by atoms with E-state index in [1.807, 2.05) is 32.0 Å². The summed E-state index contributed by atoms with van der Waals surface area (Å²) >= 11 is 0. The van der Waals surface area contributed by atoms with Crippen molar-refractivity contribution in [3.05, 3.63) is 18.2 Å². The molecule has 0 aromatic heterocycles. The molecule has 0 spiro atoms. The van der Waals surface area contributed by atoms with Crippen LogP contribution in [0.15, 0.2) is 18.2 Å². The van der Waals surface area contributed by atoms with E-state index in [0.717, 1.165) is 30.9 Å². The minimum absolute atomic E-state index is 0.0342. The van der Waals surface area contributed by atoms with Gasteiger partial charge in [-0.3, -0.25) is 4.79 Å². The molecular formula is C15H25N3O2. The van der Waals surface area contributed by atoms with E-state index in [1.165, 1.54) is 0 Å². The zero-order valence-electron chi connectivity index (χ0n) is 12.8. The van der Waals surface area contributed by atoms with Crippen LogP contribution in [0.3, 0.4) is 0 Å². The molecule has 0 saturated heterocycles. The largest absolute Gasteiger partial charge is 0.397 e. The van der Waals surface area contributed by atoms with Crippen molar-refractivity contribution < 1.29 is 9.53 Å². The zero-order valence-corrected chi connectivity index (χ0v) is 12.8. The van der Waals surface area contributed by atoms with Gasteiger partial charge in [0.15, 0.2) is 0 Å². The topological polar surface area (TPSA) is 67.6 Å². The van der Waals surface area contributed by atoms with Crippen molar-refractivity contribution in [1.82, 2.24) is 0 Å². The Hall–Kier alpha value is -1.75. The number of carbonyl (C=O) groups excluding carboxylic acids is 1. The highest BCUT2D eigenvalue weighted by Crippen LogP contribution is 2.25. The van der Waals surface area contributed by atoms with Crippen LogP contribution in [0.1, 0.15) is 20.3 Å². The van der Waals surface area contributed by atoms with Gasteiger partial charge >= 0.3 is 0 Å². The number of nitrogens with two attached hydrogens (primary N) is 1. The number of ether oxygens (including phenoxy) is 1. The smallest absolute Gasteiger partial charge is 0.229 e. The molecule has 0 radical (unpaired) electrons. The summed E-state index contributed by atoms with van der Waals surface area (Å²) in [5, 5.41) is 3.26. The number of nitrogens with one attached hydrogen (secondary N) is 1. The summed E-state index contributed by atoms with van der Waals surface area (Å²) in [5.41, 5.74) is 8.35. The van der Waals surface area contributed by atoms with Gasteiger partial charge in [0.05, 0.1) is 11.4 Å². The summed E-state index contributed by atoms with van der Waals surface area (Å²) in [6.45, 7) is 5.29. The highest BCUT2D eigenvalue weighted by atomic mass is 16.5. The van der Waals surface area contributed by atoms with Crippen LogP contribution in [0.2, 0.25) is 0 Å². The number of benzene rings is 1. The second-order valence-corrected chi connectivity index (χ2v) is 5.10. The van der Waals surface area contributed by atoms with E-state index in [4.69, 9.17) is 10.5 Å². The van der Waals surface area contributed by atoms with Gasteiger partial charge in [-0.15, -0.1) is 0 Å². The average Bonchev–Trinajstić information content (AvgIpc) is 2.43. The normalized spacial score (nSPS) is 10.7. The predicted molar refractivity (Wildman–Crippen MR) is 84.1 cm³/mol. The summed E-state index contributed by atoms with van der Waals surface area (Å²) in [6, 6.07) is 5.62. The van der Waals surface area contributed by atoms with Crippen molar-refractivity contribution in [3.8, 4) is 0 Å². The highest BCUT2D eigenvalue weighted by Gasteiger charge is 2.15. The Morgan fingerprint density at radius 3 is 2.70 bits per heavy atom. The number of nitrogens with zero attached hydrogens (tertiary/aromatic N) is 1. The maximum Gasteiger partial charge on any atom is 0.229 e. The van der Waals surface area contributed by atoms with Crippen LogP contribution in [0, 0.1) is 5.92 Å². The first-order chi connectivity index (χ1) is 9.47. The number of hydrogen-bond donors (Lipinski definition) is 2. The first-order valence-corrected chi connectivity index (χ1v) is 6.87. The Morgan fingerprint density at radius 1 is 1.45 bits per heavy atom. The molecule has 0 saturated carbocycles. The average molecular weight is 279 g/mol. The molecule has 112 valence electrons. The van der Waals surface area contributed by atoms with Crippen molar-refractivity contribution in [1.29, 1.82) is 0 Å². The van der Waals surface area contributed by atoms with E-state index in [2.05, 4.69) is 5.32 Å². The SMILES string of the molecule is COCCCNc1ccc(N(C)C(=O)C(C)C)cc1N. The number of nitrogen functional groups attached to an aromatic ring is 1. The quantitative estimate of drug-likeness (QED) is 0.594. The summed E-state index contributed by atoms with van der Waals surface area (Å²) in [7, 11) is 3.45. The maximum absolute atomic E-state index is 11.9. The Balaban J connectivity index is 2.70. The molecule has 3 N–H and O–H groups in total. The van der Waals surface area contributed by atoms with E-state index >= 15 is 0 Å². The van der Waals surface area contributed by atoms with Gasteiger partial charge in [-0.1, -0.05) is 13.8 Å². The number of methoxy groups -OCH3 is 1. The van der Waals surface area contributed by atoms with Gasteiger partial charge in [-0.05, 0) is 24.6 Å². The van der Waals surface area contributed by atoms with E-state index < -0.39 is 0 Å². The van der Waals surface area contributed by atoms with Crippen LogP contribution in [-0.4, -0.2) is 33.2 Å². The van der Waals surface area contributed by atoms with Crippen molar-refractivity contribution in [2.45, 2.75) is 20.3 Å². The zero-order chi connectivity index (χ0) is 15.1. The number of carbonyl (C=O) groups is 1. The third-order valence-corrected chi connectivity index (χ3v) is 3.09. The minimum Gasteiger partial charge on any atom is -0.397 e. The fraction of sp³-hybridized carbons (Fsp3) is 0.533. The van der Waals surface area contributed by atoms with Gasteiger partial charge < -0.3 is 20.7 Å². The van der Waals surface area contributed by atoms with Crippen LogP contribution < -0.4 is 16.0 Å². The molecule has 1 aromatic rings. The number of rotatable bonds is 7. The summed E-state index contributed by atoms with van der Waals surface area (Å²) in [4.78, 5) is 13.6. The Kier molecular flexibility index (Phi) is 6.31. The van der Waals surface area contributed by atoms with Crippen LogP contribution in [-0.2, 0) is 9.53 Å². The molecular weight excluding hydrogens is 254 g/mol. The van der Waals surface area contributed by atoms with Gasteiger partial charge in [0.1, 0.15) is 0 Å². The monoisotopic (exact) mass is 279 g/mol. The molecule has 1 amide bonds. The molecule has 0 heterocycles. The maximum atomic E-state index is 11.9. The van der Waals surface area contributed by atoms with Gasteiger partial charge in [-0.2, -0.15) is 0 Å². The van der Waals surface area contributed by atoms with Gasteiger partial charge in [-0.25, -0.2) is 0 Å². The molecule has 0 unspecified atom stereocenters. The van der Waals surface area contributed by atoms with Crippen molar-refractivity contribution in [3.63, 3.8) is 0 Å². The molecule has 0 aliphatic carbocycles. The standard InChI is InChI=1S/C15H25N3O2/c1-11(2)15(19)18(3)12-6-7-14(13(16)10-12)17-8-5-9-20-4/h6-7,10-11,17H,5,8-9,16H2,1-4H3. The molecule has 1 rings (SSSR count). The lowest BCUT2D eigenvalue weighted by Gasteiger charge is -2.21. The Labute approximate surface area is 121 Å². The summed E-state index contributed by atoms with van der Waals surface area (Å²) < 4.78 is 4.99. The number of amides is 1. The second kappa shape index (κ2) is 7.75. The number of anilines is 3. The van der Waals surface area contributed by atoms with E-state index in [1.54, 1.807) is 19.1 Å². The Morgan fingerprint density at radius 2 is 2.15 bits per heavy atom. The van der Waals surface area contributed by atoms with Crippen molar-refractivity contribution >= 4 is 23.0 Å². The van der Waals surface area contributed by atoms with E-state index in [0.29, 0.717) is 5.69 Å². The fourth-order valence-corrected chi connectivity index (χ4v) is 1.87. The predicted octanol–water partition coefficient (Wildman–Crippen LogP) is 2.34. The summed E-state index contributed by atoms with van der Waals surface area (Å²) in [5.74, 6) is 0.0401. The molecule has 5 heteroatoms. The lowest BCUT2D eigenvalue weighted by molar-refractivity contribution is -0.121. The van der Waals surface area contributed by atoms with Crippen LogP contribution in [0.25, 0.3) is 0 Å². The molecule has 0 atom stereocenters. The second-order valence-electron chi connectivity index (χ2n) is 5.10. The first kappa shape index (κ1) is 16.3. The molecule has 0 aliphatic rings. The van der Waals surface area contributed by atoms with E-state index in [-0.39, 0.29) is 11.8 Å². The summed E-state index contributed by atoms with van der Waals surface area (Å²) in [6.07, 6.45) is 0.920. The van der Waals surface area contributed by atoms with Gasteiger partial charge in [0.25, 0.3) is 0 Å². The molecule has 0 aliphatic heterocycles. The van der Waals surface area contributed by atoms with Crippen molar-refractivity contribution in [2.24, 2.45) is 5.92 Å². The van der Waals surface area contributed by atoms with Gasteiger partial charge in [0, 0.05) is 38.9 Å².